The third-order valence-corrected chi connectivity index (χ3v) is 4.56. The van der Waals surface area contributed by atoms with Crippen molar-refractivity contribution in [2.75, 3.05) is 11.2 Å². The Morgan fingerprint density at radius 1 is 1.41 bits per heavy atom. The zero-order valence-electron chi connectivity index (χ0n) is 12.4. The summed E-state index contributed by atoms with van der Waals surface area (Å²) in [7, 11) is 0. The minimum atomic E-state index is -0.329. The molecule has 1 aromatic heterocycles. The van der Waals surface area contributed by atoms with E-state index in [0.717, 1.165) is 28.8 Å². The van der Waals surface area contributed by atoms with Gasteiger partial charge in [-0.3, -0.25) is 4.79 Å². The van der Waals surface area contributed by atoms with Gasteiger partial charge in [-0.25, -0.2) is 4.68 Å². The Morgan fingerprint density at radius 2 is 2.09 bits per heavy atom. The first-order valence-electron chi connectivity index (χ1n) is 6.93. The molecule has 2 rings (SSSR count). The molecule has 2 aromatic rings. The van der Waals surface area contributed by atoms with E-state index in [9.17, 15) is 4.79 Å². The number of nitrogens with two attached hydrogens (primary N) is 1. The second kappa shape index (κ2) is 7.64. The van der Waals surface area contributed by atoms with Crippen LogP contribution in [0, 0.1) is 0 Å². The summed E-state index contributed by atoms with van der Waals surface area (Å²) in [6, 6.07) is 7.43. The van der Waals surface area contributed by atoms with Crippen LogP contribution in [0.4, 0.5) is 5.69 Å². The molecular weight excluding hydrogens is 366 g/mol. The number of carbonyl (C=O) groups is 1. The Labute approximate surface area is 142 Å². The number of rotatable bonds is 6. The summed E-state index contributed by atoms with van der Waals surface area (Å²) in [5.74, 6) is 6.56. The van der Waals surface area contributed by atoms with Crippen molar-refractivity contribution in [3.63, 3.8) is 0 Å². The first-order valence-corrected chi connectivity index (χ1v) is 8.61. The SMILES string of the molecule is CCCc1nnc(S[C@H](C)C(=O)Nc2ccc(Br)cc2)n1N. The fourth-order valence-corrected chi connectivity index (χ4v) is 2.82. The van der Waals surface area contributed by atoms with Gasteiger partial charge in [-0.15, -0.1) is 10.2 Å². The van der Waals surface area contributed by atoms with E-state index in [1.54, 1.807) is 0 Å². The van der Waals surface area contributed by atoms with Crippen molar-refractivity contribution in [1.29, 1.82) is 0 Å². The number of nitrogen functional groups attached to an aromatic ring is 1. The van der Waals surface area contributed by atoms with Crippen LogP contribution in [0.5, 0.6) is 0 Å². The molecule has 1 heterocycles. The van der Waals surface area contributed by atoms with Gasteiger partial charge in [0.1, 0.15) is 0 Å². The van der Waals surface area contributed by atoms with Crippen LogP contribution in [-0.2, 0) is 11.2 Å². The van der Waals surface area contributed by atoms with Crippen molar-refractivity contribution < 1.29 is 4.79 Å². The molecule has 22 heavy (non-hydrogen) atoms. The number of nitrogens with zero attached hydrogens (tertiary/aromatic N) is 3. The topological polar surface area (TPSA) is 85.8 Å². The Bertz CT molecular complexity index is 643. The molecule has 8 heteroatoms. The Balaban J connectivity index is 1.97. The zero-order valence-corrected chi connectivity index (χ0v) is 14.8. The van der Waals surface area contributed by atoms with Gasteiger partial charge in [-0.05, 0) is 37.6 Å². The van der Waals surface area contributed by atoms with E-state index in [1.807, 2.05) is 31.2 Å². The smallest absolute Gasteiger partial charge is 0.237 e. The lowest BCUT2D eigenvalue weighted by Crippen LogP contribution is -2.23. The summed E-state index contributed by atoms with van der Waals surface area (Å²) < 4.78 is 2.42. The van der Waals surface area contributed by atoms with Gasteiger partial charge in [0.2, 0.25) is 11.1 Å². The zero-order chi connectivity index (χ0) is 16.1. The van der Waals surface area contributed by atoms with Crippen LogP contribution in [0.3, 0.4) is 0 Å². The van der Waals surface area contributed by atoms with E-state index < -0.39 is 0 Å². The minimum absolute atomic E-state index is 0.104. The quantitative estimate of drug-likeness (QED) is 0.591. The van der Waals surface area contributed by atoms with Crippen molar-refractivity contribution in [1.82, 2.24) is 14.9 Å². The Kier molecular flexibility index (Phi) is 5.84. The number of benzene rings is 1. The van der Waals surface area contributed by atoms with Crippen LogP contribution in [-0.4, -0.2) is 26.0 Å². The largest absolute Gasteiger partial charge is 0.336 e. The number of anilines is 1. The Morgan fingerprint density at radius 3 is 2.73 bits per heavy atom. The minimum Gasteiger partial charge on any atom is -0.336 e. The number of thioether (sulfide) groups is 1. The van der Waals surface area contributed by atoms with Crippen LogP contribution in [0.1, 0.15) is 26.1 Å². The normalized spacial score (nSPS) is 12.1. The third kappa shape index (κ3) is 4.23. The predicted molar refractivity (Wildman–Crippen MR) is 92.3 cm³/mol. The summed E-state index contributed by atoms with van der Waals surface area (Å²) in [6.45, 7) is 3.86. The summed E-state index contributed by atoms with van der Waals surface area (Å²) in [5.41, 5.74) is 0.751. The van der Waals surface area contributed by atoms with E-state index in [0.29, 0.717) is 5.16 Å². The van der Waals surface area contributed by atoms with Crippen molar-refractivity contribution in [3.05, 3.63) is 34.6 Å². The fourth-order valence-electron chi connectivity index (χ4n) is 1.77. The number of carbonyl (C=O) groups excluding carboxylic acids is 1. The second-order valence-corrected chi connectivity index (χ2v) is 7.00. The summed E-state index contributed by atoms with van der Waals surface area (Å²) in [6.07, 6.45) is 1.71. The lowest BCUT2D eigenvalue weighted by atomic mass is 10.3. The highest BCUT2D eigenvalue weighted by molar-refractivity contribution is 9.10. The lowest BCUT2D eigenvalue weighted by molar-refractivity contribution is -0.115. The average molecular weight is 384 g/mol. The highest BCUT2D eigenvalue weighted by Crippen LogP contribution is 2.22. The standard InChI is InChI=1S/C14H18BrN5OS/c1-3-4-12-18-19-14(20(12)16)22-9(2)13(21)17-11-7-5-10(15)6-8-11/h5-9H,3-4,16H2,1-2H3,(H,17,21)/t9-/m1/s1. The fraction of sp³-hybridized carbons (Fsp3) is 0.357. The van der Waals surface area contributed by atoms with Crippen molar-refractivity contribution in [3.8, 4) is 0 Å². The van der Waals surface area contributed by atoms with Gasteiger partial charge in [0, 0.05) is 16.6 Å². The maximum absolute atomic E-state index is 12.2. The molecule has 0 saturated carbocycles. The van der Waals surface area contributed by atoms with Crippen molar-refractivity contribution in [2.45, 2.75) is 37.1 Å². The highest BCUT2D eigenvalue weighted by atomic mass is 79.9. The van der Waals surface area contributed by atoms with Crippen molar-refractivity contribution >= 4 is 39.3 Å². The predicted octanol–water partition coefficient (Wildman–Crippen LogP) is 2.83. The number of halogens is 1. The molecule has 1 atom stereocenters. The number of hydrogen-bond acceptors (Lipinski definition) is 5. The van der Waals surface area contributed by atoms with Crippen LogP contribution in [0.2, 0.25) is 0 Å². The summed E-state index contributed by atoms with van der Waals surface area (Å²) in [5, 5.41) is 11.2. The third-order valence-electron chi connectivity index (χ3n) is 2.97. The molecule has 118 valence electrons. The first kappa shape index (κ1) is 16.8. The average Bonchev–Trinajstić information content (AvgIpc) is 2.83. The molecule has 0 unspecified atom stereocenters. The van der Waals surface area contributed by atoms with Gasteiger partial charge in [0.15, 0.2) is 5.82 Å². The van der Waals surface area contributed by atoms with E-state index in [2.05, 4.69) is 38.4 Å². The number of nitrogens with one attached hydrogen (secondary N) is 1. The molecule has 3 N–H and O–H groups in total. The molecule has 6 nitrogen and oxygen atoms in total. The van der Waals surface area contributed by atoms with Crippen LogP contribution in [0.25, 0.3) is 0 Å². The van der Waals surface area contributed by atoms with Gasteiger partial charge in [0.05, 0.1) is 5.25 Å². The molecular formula is C14H18BrN5OS. The van der Waals surface area contributed by atoms with Gasteiger partial charge in [-0.2, -0.15) is 0 Å². The van der Waals surface area contributed by atoms with E-state index in [4.69, 9.17) is 5.84 Å². The van der Waals surface area contributed by atoms with Gasteiger partial charge in [0.25, 0.3) is 0 Å². The van der Waals surface area contributed by atoms with Gasteiger partial charge < -0.3 is 11.2 Å². The molecule has 0 bridgehead atoms. The summed E-state index contributed by atoms with van der Waals surface area (Å²) >= 11 is 4.65. The lowest BCUT2D eigenvalue weighted by Gasteiger charge is -2.11. The number of amides is 1. The summed E-state index contributed by atoms with van der Waals surface area (Å²) in [4.78, 5) is 12.2. The first-order chi connectivity index (χ1) is 10.5. The van der Waals surface area contributed by atoms with E-state index in [1.165, 1.54) is 16.4 Å². The molecule has 0 aliphatic heterocycles. The molecule has 0 aliphatic rings. The van der Waals surface area contributed by atoms with Gasteiger partial charge >= 0.3 is 0 Å². The Hall–Kier alpha value is -1.54. The highest BCUT2D eigenvalue weighted by Gasteiger charge is 2.19. The van der Waals surface area contributed by atoms with Crippen molar-refractivity contribution in [2.24, 2.45) is 0 Å². The number of hydrogen-bond donors (Lipinski definition) is 2. The second-order valence-electron chi connectivity index (χ2n) is 4.78. The molecule has 0 radical (unpaired) electrons. The molecule has 1 amide bonds. The van der Waals surface area contributed by atoms with E-state index in [-0.39, 0.29) is 11.2 Å². The number of aromatic nitrogens is 3. The molecule has 0 spiro atoms. The van der Waals surface area contributed by atoms with Crippen LogP contribution < -0.4 is 11.2 Å². The maximum atomic E-state index is 12.2. The number of aryl methyl sites for hydroxylation is 1. The molecule has 0 aliphatic carbocycles. The molecule has 0 fully saturated rings. The van der Waals surface area contributed by atoms with Gasteiger partial charge in [-0.1, -0.05) is 34.6 Å². The van der Waals surface area contributed by atoms with Crippen LogP contribution >= 0.6 is 27.7 Å². The molecule has 1 aromatic carbocycles. The monoisotopic (exact) mass is 383 g/mol. The van der Waals surface area contributed by atoms with E-state index >= 15 is 0 Å². The maximum Gasteiger partial charge on any atom is 0.237 e. The molecule has 0 saturated heterocycles. The van der Waals surface area contributed by atoms with Crippen LogP contribution in [0.15, 0.2) is 33.9 Å².